The second kappa shape index (κ2) is 10.1. The predicted molar refractivity (Wildman–Crippen MR) is 148 cm³/mol. The molecular formula is C32H30O3P+. The van der Waals surface area contributed by atoms with Crippen LogP contribution < -0.4 is 10.6 Å². The number of benzene rings is 4. The monoisotopic (exact) mass is 493 g/mol. The van der Waals surface area contributed by atoms with Crippen molar-refractivity contribution in [1.29, 1.82) is 0 Å². The summed E-state index contributed by atoms with van der Waals surface area (Å²) in [5, 5.41) is 0.874. The molecule has 0 N–H and O–H groups in total. The Labute approximate surface area is 214 Å². The van der Waals surface area contributed by atoms with Crippen LogP contribution in [0.25, 0.3) is 0 Å². The molecular weight excluding hydrogens is 463 g/mol. The van der Waals surface area contributed by atoms with E-state index in [9.17, 15) is 14.2 Å². The van der Waals surface area contributed by atoms with E-state index in [1.165, 1.54) is 0 Å². The predicted octanol–water partition coefficient (Wildman–Crippen LogP) is 6.78. The molecule has 4 rings (SSSR count). The molecule has 0 heterocycles. The van der Waals surface area contributed by atoms with Crippen LogP contribution in [-0.4, -0.2) is 11.6 Å². The van der Waals surface area contributed by atoms with E-state index in [-0.39, 0.29) is 11.6 Å². The standard InChI is InChI=1S/C32H30O3P/c1-19-15-23(5)27(17-21(19)3)31(33)25-11-7-9-13-29(25)36(35)30-14-10-8-12-26(30)32(34)28-18-22(4)20(2)16-24(28)6/h7-18H,1-6H3/q+1. The van der Waals surface area contributed by atoms with Crippen molar-refractivity contribution in [2.75, 3.05) is 0 Å². The maximum atomic E-state index is 14.0. The second-order valence-corrected chi connectivity index (χ2v) is 11.0. The molecule has 36 heavy (non-hydrogen) atoms. The number of hydrogen-bond acceptors (Lipinski definition) is 3. The SMILES string of the molecule is Cc1cc(C)c(C(=O)c2ccccc2[P+](=O)c2ccccc2C(=O)c2cc(C)c(C)cc2C)cc1C. The van der Waals surface area contributed by atoms with Crippen molar-refractivity contribution in [3.63, 3.8) is 0 Å². The molecule has 4 heteroatoms. The number of carbonyl (C=O) groups excluding carboxylic acids is 2. The van der Waals surface area contributed by atoms with Gasteiger partial charge in [0.1, 0.15) is 0 Å². The molecule has 0 bridgehead atoms. The summed E-state index contributed by atoms with van der Waals surface area (Å²) in [6, 6.07) is 21.8. The van der Waals surface area contributed by atoms with E-state index in [2.05, 4.69) is 0 Å². The summed E-state index contributed by atoms with van der Waals surface area (Å²) in [7, 11) is -2.20. The molecule has 0 aliphatic rings. The van der Waals surface area contributed by atoms with Crippen LogP contribution in [0.4, 0.5) is 0 Å². The number of carbonyl (C=O) groups is 2. The lowest BCUT2D eigenvalue weighted by Gasteiger charge is -2.10. The van der Waals surface area contributed by atoms with E-state index >= 15 is 0 Å². The molecule has 0 aromatic heterocycles. The molecule has 0 aliphatic heterocycles. The Morgan fingerprint density at radius 1 is 0.472 bits per heavy atom. The largest absolute Gasteiger partial charge is 0.416 e. The van der Waals surface area contributed by atoms with Crippen LogP contribution in [0.1, 0.15) is 65.2 Å². The van der Waals surface area contributed by atoms with Gasteiger partial charge in [-0.1, -0.05) is 41.0 Å². The average molecular weight is 494 g/mol. The van der Waals surface area contributed by atoms with Gasteiger partial charge in [0.05, 0.1) is 11.1 Å². The lowest BCUT2D eigenvalue weighted by molar-refractivity contribution is 0.103. The van der Waals surface area contributed by atoms with Gasteiger partial charge in [0.2, 0.25) is 10.6 Å². The zero-order chi connectivity index (χ0) is 26.1. The summed E-state index contributed by atoms with van der Waals surface area (Å²) in [6.45, 7) is 11.8. The first-order valence-corrected chi connectivity index (χ1v) is 13.3. The third-order valence-electron chi connectivity index (χ3n) is 6.91. The Balaban J connectivity index is 1.81. The van der Waals surface area contributed by atoms with Crippen molar-refractivity contribution in [2.24, 2.45) is 0 Å². The van der Waals surface area contributed by atoms with Gasteiger partial charge in [-0.3, -0.25) is 9.59 Å². The van der Waals surface area contributed by atoms with Gasteiger partial charge in [0.25, 0.3) is 0 Å². The number of ketones is 2. The Kier molecular flexibility index (Phi) is 7.15. The quantitative estimate of drug-likeness (QED) is 0.220. The zero-order valence-corrected chi connectivity index (χ0v) is 22.5. The molecule has 0 aliphatic carbocycles. The lowest BCUT2D eigenvalue weighted by Crippen LogP contribution is -2.21. The summed E-state index contributed by atoms with van der Waals surface area (Å²) in [5.74, 6) is -0.327. The molecule has 0 unspecified atom stereocenters. The third-order valence-corrected chi connectivity index (χ3v) is 8.56. The molecule has 3 nitrogen and oxygen atoms in total. The number of aryl methyl sites for hydroxylation is 6. The van der Waals surface area contributed by atoms with Crippen molar-refractivity contribution in [2.45, 2.75) is 41.5 Å². The molecule has 4 aromatic rings. The second-order valence-electron chi connectivity index (χ2n) is 9.49. The highest BCUT2D eigenvalue weighted by Gasteiger charge is 2.34. The van der Waals surface area contributed by atoms with Gasteiger partial charge in [-0.25, -0.2) is 0 Å². The van der Waals surface area contributed by atoms with E-state index in [0.29, 0.717) is 32.9 Å². The highest BCUT2D eigenvalue weighted by atomic mass is 31.1. The zero-order valence-electron chi connectivity index (χ0n) is 21.6. The Hall–Kier alpha value is -3.68. The molecule has 0 radical (unpaired) electrons. The van der Waals surface area contributed by atoms with Crippen LogP contribution in [0, 0.1) is 41.5 Å². The molecule has 4 aromatic carbocycles. The van der Waals surface area contributed by atoms with Gasteiger partial charge in [0, 0.05) is 11.1 Å². The third kappa shape index (κ3) is 4.72. The van der Waals surface area contributed by atoms with Crippen molar-refractivity contribution in [3.05, 3.63) is 128 Å². The molecule has 0 fully saturated rings. The van der Waals surface area contributed by atoms with E-state index in [1.54, 1.807) is 48.5 Å². The molecule has 0 saturated heterocycles. The van der Waals surface area contributed by atoms with Crippen molar-refractivity contribution in [3.8, 4) is 0 Å². The Morgan fingerprint density at radius 2 is 0.806 bits per heavy atom. The summed E-state index contributed by atoms with van der Waals surface area (Å²) < 4.78 is 14.0. The Bertz CT molecular complexity index is 1430. The van der Waals surface area contributed by atoms with Crippen molar-refractivity contribution >= 4 is 30.0 Å². The Morgan fingerprint density at radius 3 is 1.19 bits per heavy atom. The molecule has 0 spiro atoms. The van der Waals surface area contributed by atoms with Crippen LogP contribution in [0.3, 0.4) is 0 Å². The number of rotatable bonds is 6. The molecule has 0 saturated carbocycles. The van der Waals surface area contributed by atoms with Gasteiger partial charge >= 0.3 is 7.80 Å². The van der Waals surface area contributed by atoms with Crippen LogP contribution in [-0.2, 0) is 4.57 Å². The highest BCUT2D eigenvalue weighted by Crippen LogP contribution is 2.28. The van der Waals surface area contributed by atoms with E-state index in [4.69, 9.17) is 0 Å². The van der Waals surface area contributed by atoms with E-state index in [0.717, 1.165) is 33.4 Å². The van der Waals surface area contributed by atoms with Gasteiger partial charge in [0.15, 0.2) is 11.6 Å². The van der Waals surface area contributed by atoms with Gasteiger partial charge in [-0.15, -0.1) is 0 Å². The lowest BCUT2D eigenvalue weighted by atomic mass is 9.95. The first-order chi connectivity index (χ1) is 17.1. The fourth-order valence-corrected chi connectivity index (χ4v) is 6.01. The summed E-state index contributed by atoms with van der Waals surface area (Å²) in [6.07, 6.45) is 0. The van der Waals surface area contributed by atoms with Gasteiger partial charge in [-0.2, -0.15) is 0 Å². The maximum Gasteiger partial charge on any atom is 0.416 e. The van der Waals surface area contributed by atoms with E-state index in [1.807, 2.05) is 65.8 Å². The highest BCUT2D eigenvalue weighted by molar-refractivity contribution is 7.62. The molecule has 180 valence electrons. The van der Waals surface area contributed by atoms with E-state index < -0.39 is 7.80 Å². The van der Waals surface area contributed by atoms with Crippen molar-refractivity contribution in [1.82, 2.24) is 0 Å². The number of hydrogen-bond donors (Lipinski definition) is 0. The van der Waals surface area contributed by atoms with Gasteiger partial charge < -0.3 is 0 Å². The summed E-state index contributed by atoms with van der Waals surface area (Å²) >= 11 is 0. The fraction of sp³-hybridized carbons (Fsp3) is 0.188. The van der Waals surface area contributed by atoms with Gasteiger partial charge in [-0.05, 0) is 111 Å². The first kappa shape index (κ1) is 25.4. The molecule has 0 atom stereocenters. The summed E-state index contributed by atoms with van der Waals surface area (Å²) in [4.78, 5) is 27.3. The smallest absolute Gasteiger partial charge is 0.288 e. The minimum Gasteiger partial charge on any atom is -0.288 e. The normalized spacial score (nSPS) is 10.8. The summed E-state index contributed by atoms with van der Waals surface area (Å²) in [5.41, 5.74) is 8.08. The minimum absolute atomic E-state index is 0.164. The molecule has 0 amide bonds. The van der Waals surface area contributed by atoms with Crippen LogP contribution in [0.15, 0.2) is 72.8 Å². The van der Waals surface area contributed by atoms with Crippen LogP contribution in [0.5, 0.6) is 0 Å². The van der Waals surface area contributed by atoms with Crippen LogP contribution in [0.2, 0.25) is 0 Å². The first-order valence-electron chi connectivity index (χ1n) is 12.0. The fourth-order valence-electron chi connectivity index (χ4n) is 4.52. The average Bonchev–Trinajstić information content (AvgIpc) is 2.87. The minimum atomic E-state index is -2.20. The topological polar surface area (TPSA) is 51.2 Å². The van der Waals surface area contributed by atoms with Crippen molar-refractivity contribution < 1.29 is 14.2 Å². The van der Waals surface area contributed by atoms with Crippen LogP contribution >= 0.6 is 7.80 Å². The maximum absolute atomic E-state index is 14.0.